The fourth-order valence-corrected chi connectivity index (χ4v) is 3.81. The molecule has 0 spiro atoms. The van der Waals surface area contributed by atoms with Crippen molar-refractivity contribution >= 4 is 17.5 Å². The average Bonchev–Trinajstić information content (AvgIpc) is 3.24. The molecule has 1 heterocycles. The van der Waals surface area contributed by atoms with Gasteiger partial charge in [-0.1, -0.05) is 30.3 Å². The smallest absolute Gasteiger partial charge is 0.227 e. The lowest BCUT2D eigenvalue weighted by molar-refractivity contribution is -0.132. The van der Waals surface area contributed by atoms with Gasteiger partial charge in [0.05, 0.1) is 6.61 Å². The number of amides is 2. The first kappa shape index (κ1) is 21.8. The Labute approximate surface area is 177 Å². The number of para-hydroxylation sites is 2. The van der Waals surface area contributed by atoms with Gasteiger partial charge < -0.3 is 14.5 Å². The van der Waals surface area contributed by atoms with Gasteiger partial charge in [-0.15, -0.1) is 0 Å². The molecule has 1 aliphatic rings. The molecule has 1 aliphatic heterocycles. The van der Waals surface area contributed by atoms with Crippen LogP contribution in [-0.4, -0.2) is 43.0 Å². The zero-order valence-corrected chi connectivity index (χ0v) is 17.4. The lowest BCUT2D eigenvalue weighted by Gasteiger charge is -2.22. The summed E-state index contributed by atoms with van der Waals surface area (Å²) >= 11 is 0. The van der Waals surface area contributed by atoms with Crippen molar-refractivity contribution < 1.29 is 18.7 Å². The SMILES string of the molecule is CCN(C(=O)CCC(=O)N1CCC(CCOc2ccccc2F)C1)c1ccccc1. The molecule has 1 fully saturated rings. The van der Waals surface area contributed by atoms with E-state index in [4.69, 9.17) is 4.74 Å². The molecule has 2 amide bonds. The second kappa shape index (κ2) is 10.8. The number of carbonyl (C=O) groups is 2. The molecule has 5 nitrogen and oxygen atoms in total. The molecule has 1 unspecified atom stereocenters. The van der Waals surface area contributed by atoms with Gasteiger partial charge >= 0.3 is 0 Å². The van der Waals surface area contributed by atoms with Crippen LogP contribution in [0.1, 0.15) is 32.6 Å². The van der Waals surface area contributed by atoms with Crippen LogP contribution >= 0.6 is 0 Å². The predicted octanol–water partition coefficient (Wildman–Crippen LogP) is 4.28. The molecular weight excluding hydrogens is 383 g/mol. The maximum absolute atomic E-state index is 13.6. The van der Waals surface area contributed by atoms with Crippen molar-refractivity contribution in [3.8, 4) is 5.75 Å². The highest BCUT2D eigenvalue weighted by molar-refractivity contribution is 5.95. The van der Waals surface area contributed by atoms with Crippen LogP contribution in [0.15, 0.2) is 54.6 Å². The quantitative estimate of drug-likeness (QED) is 0.618. The van der Waals surface area contributed by atoms with Crippen molar-refractivity contribution in [1.29, 1.82) is 0 Å². The number of carbonyl (C=O) groups excluding carboxylic acids is 2. The van der Waals surface area contributed by atoms with E-state index in [1.165, 1.54) is 6.07 Å². The molecule has 1 saturated heterocycles. The fourth-order valence-electron chi connectivity index (χ4n) is 3.81. The molecule has 6 heteroatoms. The Morgan fingerprint density at radius 2 is 1.83 bits per heavy atom. The number of anilines is 1. The van der Waals surface area contributed by atoms with E-state index in [0.717, 1.165) is 18.5 Å². The van der Waals surface area contributed by atoms with E-state index in [-0.39, 0.29) is 36.2 Å². The summed E-state index contributed by atoms with van der Waals surface area (Å²) in [5.74, 6) is 0.229. The minimum atomic E-state index is -0.359. The Kier molecular flexibility index (Phi) is 7.82. The number of rotatable bonds is 9. The number of likely N-dealkylation sites (tertiary alicyclic amines) is 1. The van der Waals surface area contributed by atoms with Crippen molar-refractivity contribution in [2.75, 3.05) is 31.1 Å². The Morgan fingerprint density at radius 1 is 1.10 bits per heavy atom. The van der Waals surface area contributed by atoms with E-state index < -0.39 is 0 Å². The Hall–Kier alpha value is -2.89. The fraction of sp³-hybridized carbons (Fsp3) is 0.417. The summed E-state index contributed by atoms with van der Waals surface area (Å²) in [6.07, 6.45) is 2.11. The number of benzene rings is 2. The molecule has 1 atom stereocenters. The molecule has 160 valence electrons. The second-order valence-corrected chi connectivity index (χ2v) is 7.54. The highest BCUT2D eigenvalue weighted by Crippen LogP contribution is 2.23. The Bertz CT molecular complexity index is 843. The summed E-state index contributed by atoms with van der Waals surface area (Å²) < 4.78 is 19.1. The van der Waals surface area contributed by atoms with Crippen molar-refractivity contribution in [2.24, 2.45) is 5.92 Å². The Morgan fingerprint density at radius 3 is 2.57 bits per heavy atom. The molecule has 3 rings (SSSR count). The van der Waals surface area contributed by atoms with Gasteiger partial charge in [0.1, 0.15) is 0 Å². The lowest BCUT2D eigenvalue weighted by Crippen LogP contribution is -2.33. The van der Waals surface area contributed by atoms with Crippen molar-refractivity contribution in [1.82, 2.24) is 4.90 Å². The largest absolute Gasteiger partial charge is 0.491 e. The first-order chi connectivity index (χ1) is 14.6. The molecule has 0 aliphatic carbocycles. The predicted molar refractivity (Wildman–Crippen MR) is 115 cm³/mol. The van der Waals surface area contributed by atoms with Crippen LogP contribution in [0, 0.1) is 11.7 Å². The second-order valence-electron chi connectivity index (χ2n) is 7.54. The number of halogens is 1. The number of nitrogens with zero attached hydrogens (tertiary/aromatic N) is 2. The normalized spacial score (nSPS) is 15.8. The topological polar surface area (TPSA) is 49.9 Å². The number of hydrogen-bond donors (Lipinski definition) is 0. The first-order valence-electron chi connectivity index (χ1n) is 10.6. The maximum Gasteiger partial charge on any atom is 0.227 e. The third-order valence-electron chi connectivity index (χ3n) is 5.50. The van der Waals surface area contributed by atoms with Crippen LogP contribution in [0.5, 0.6) is 5.75 Å². The van der Waals surface area contributed by atoms with E-state index >= 15 is 0 Å². The van der Waals surface area contributed by atoms with Crippen LogP contribution in [0.3, 0.4) is 0 Å². The summed E-state index contributed by atoms with van der Waals surface area (Å²) in [5.41, 5.74) is 0.855. The van der Waals surface area contributed by atoms with Crippen LogP contribution in [0.25, 0.3) is 0 Å². The van der Waals surface area contributed by atoms with E-state index in [9.17, 15) is 14.0 Å². The molecule has 2 aromatic rings. The highest BCUT2D eigenvalue weighted by Gasteiger charge is 2.27. The van der Waals surface area contributed by atoms with Crippen LogP contribution in [-0.2, 0) is 9.59 Å². The zero-order valence-electron chi connectivity index (χ0n) is 17.4. The third-order valence-corrected chi connectivity index (χ3v) is 5.50. The summed E-state index contributed by atoms with van der Waals surface area (Å²) in [4.78, 5) is 28.7. The average molecular weight is 413 g/mol. The van der Waals surface area contributed by atoms with Crippen molar-refractivity contribution in [3.63, 3.8) is 0 Å². The minimum Gasteiger partial charge on any atom is -0.491 e. The minimum absolute atomic E-state index is 0.0185. The van der Waals surface area contributed by atoms with Gasteiger partial charge in [0, 0.05) is 38.2 Å². The molecule has 0 aromatic heterocycles. The van der Waals surface area contributed by atoms with Crippen LogP contribution in [0.4, 0.5) is 10.1 Å². The van der Waals surface area contributed by atoms with Gasteiger partial charge in [-0.05, 0) is 49.9 Å². The first-order valence-corrected chi connectivity index (χ1v) is 10.6. The highest BCUT2D eigenvalue weighted by atomic mass is 19.1. The van der Waals surface area contributed by atoms with Gasteiger partial charge in [-0.2, -0.15) is 0 Å². The lowest BCUT2D eigenvalue weighted by atomic mass is 10.1. The monoisotopic (exact) mass is 412 g/mol. The standard InChI is InChI=1S/C24H29FN2O3/c1-2-27(20-8-4-3-5-9-20)24(29)13-12-23(28)26-16-14-19(18-26)15-17-30-22-11-7-6-10-21(22)25/h3-11,19H,2,12-18H2,1H3. The van der Waals surface area contributed by atoms with Gasteiger partial charge in [-0.3, -0.25) is 9.59 Å². The van der Waals surface area contributed by atoms with E-state index in [2.05, 4.69) is 0 Å². The maximum atomic E-state index is 13.6. The van der Waals surface area contributed by atoms with E-state index in [0.29, 0.717) is 32.2 Å². The van der Waals surface area contributed by atoms with Crippen LogP contribution in [0.2, 0.25) is 0 Å². The third kappa shape index (κ3) is 5.81. The molecular formula is C24H29FN2O3. The molecule has 2 aromatic carbocycles. The molecule has 30 heavy (non-hydrogen) atoms. The summed E-state index contributed by atoms with van der Waals surface area (Å²) in [5, 5.41) is 0. The van der Waals surface area contributed by atoms with Gasteiger partial charge in [0.25, 0.3) is 0 Å². The summed E-state index contributed by atoms with van der Waals surface area (Å²) in [6.45, 7) is 4.30. The van der Waals surface area contributed by atoms with Gasteiger partial charge in [0.15, 0.2) is 11.6 Å². The zero-order chi connectivity index (χ0) is 21.3. The molecule has 0 bridgehead atoms. The van der Waals surface area contributed by atoms with Crippen molar-refractivity contribution in [2.45, 2.75) is 32.6 Å². The van der Waals surface area contributed by atoms with Crippen molar-refractivity contribution in [3.05, 3.63) is 60.4 Å². The summed E-state index contributed by atoms with van der Waals surface area (Å²) in [7, 11) is 0. The van der Waals surface area contributed by atoms with Crippen LogP contribution < -0.4 is 9.64 Å². The number of hydrogen-bond acceptors (Lipinski definition) is 3. The van der Waals surface area contributed by atoms with Gasteiger partial charge in [0.2, 0.25) is 11.8 Å². The summed E-state index contributed by atoms with van der Waals surface area (Å²) in [6, 6.07) is 15.9. The molecule has 0 radical (unpaired) electrons. The molecule has 0 N–H and O–H groups in total. The van der Waals surface area contributed by atoms with E-state index in [1.54, 1.807) is 23.1 Å². The van der Waals surface area contributed by atoms with E-state index in [1.807, 2.05) is 42.2 Å². The number of ether oxygens (including phenoxy) is 1. The molecule has 0 saturated carbocycles. The Balaban J connectivity index is 1.40. The van der Waals surface area contributed by atoms with Gasteiger partial charge in [-0.25, -0.2) is 4.39 Å².